The van der Waals surface area contributed by atoms with Crippen molar-refractivity contribution in [2.45, 2.75) is 12.4 Å². The van der Waals surface area contributed by atoms with Crippen molar-refractivity contribution in [1.29, 1.82) is 0 Å². The Morgan fingerprint density at radius 1 is 0.808 bits per heavy atom. The SMILES string of the molecule is FC(F)(F)c1ccc2c(Nc3ccc(Cl)cc3)cc(C(F)(F)F)nc2c1. The standard InChI is InChI=1S/C17H9ClF6N2/c18-10-2-4-11(5-3-10)25-14-8-15(17(22,23)24)26-13-7-9(16(19,20)21)1-6-12(13)14/h1-8H,(H,25,26). The van der Waals surface area contributed by atoms with Crippen molar-refractivity contribution in [1.82, 2.24) is 4.98 Å². The van der Waals surface area contributed by atoms with Gasteiger partial charge in [-0.3, -0.25) is 0 Å². The molecule has 136 valence electrons. The molecule has 3 rings (SSSR count). The molecule has 2 nitrogen and oxygen atoms in total. The Hall–Kier alpha value is -2.48. The second-order valence-corrected chi connectivity index (χ2v) is 5.85. The summed E-state index contributed by atoms with van der Waals surface area (Å²) in [5, 5.41) is 3.32. The van der Waals surface area contributed by atoms with E-state index < -0.39 is 29.1 Å². The van der Waals surface area contributed by atoms with E-state index in [-0.39, 0.29) is 11.1 Å². The van der Waals surface area contributed by atoms with Crippen molar-refractivity contribution in [3.8, 4) is 0 Å². The molecule has 1 N–H and O–H groups in total. The maximum atomic E-state index is 13.1. The molecule has 0 aliphatic rings. The highest BCUT2D eigenvalue weighted by Crippen LogP contribution is 2.37. The van der Waals surface area contributed by atoms with Gasteiger partial charge in [-0.15, -0.1) is 0 Å². The van der Waals surface area contributed by atoms with Gasteiger partial charge >= 0.3 is 12.4 Å². The van der Waals surface area contributed by atoms with Crippen LogP contribution in [-0.2, 0) is 12.4 Å². The van der Waals surface area contributed by atoms with Crippen LogP contribution in [-0.4, -0.2) is 4.98 Å². The topological polar surface area (TPSA) is 24.9 Å². The van der Waals surface area contributed by atoms with Crippen LogP contribution in [0.15, 0.2) is 48.5 Å². The number of nitrogens with zero attached hydrogens (tertiary/aromatic N) is 1. The maximum Gasteiger partial charge on any atom is 0.433 e. The van der Waals surface area contributed by atoms with Crippen molar-refractivity contribution >= 4 is 33.9 Å². The molecule has 0 spiro atoms. The third kappa shape index (κ3) is 3.85. The fourth-order valence-corrected chi connectivity index (χ4v) is 2.47. The molecular formula is C17H9ClF6N2. The number of anilines is 2. The molecule has 1 aromatic heterocycles. The summed E-state index contributed by atoms with van der Waals surface area (Å²) >= 11 is 5.76. The molecule has 0 saturated carbocycles. The average Bonchev–Trinajstić information content (AvgIpc) is 2.54. The normalized spacial score (nSPS) is 12.4. The molecule has 0 aliphatic carbocycles. The molecule has 0 saturated heterocycles. The molecule has 26 heavy (non-hydrogen) atoms. The minimum Gasteiger partial charge on any atom is -0.355 e. The molecule has 2 aromatic carbocycles. The van der Waals surface area contributed by atoms with E-state index in [1.807, 2.05) is 0 Å². The van der Waals surface area contributed by atoms with Crippen molar-refractivity contribution in [3.05, 3.63) is 64.8 Å². The number of hydrogen-bond donors (Lipinski definition) is 1. The third-order valence-corrected chi connectivity index (χ3v) is 3.80. The number of nitrogens with one attached hydrogen (secondary N) is 1. The first kappa shape index (κ1) is 18.3. The Balaban J connectivity index is 2.17. The molecule has 0 bridgehead atoms. The fraction of sp³-hybridized carbons (Fsp3) is 0.118. The molecule has 0 amide bonds. The number of pyridine rings is 1. The zero-order valence-electron chi connectivity index (χ0n) is 12.7. The zero-order valence-corrected chi connectivity index (χ0v) is 13.5. The van der Waals surface area contributed by atoms with Crippen LogP contribution in [0, 0.1) is 0 Å². The van der Waals surface area contributed by atoms with E-state index in [2.05, 4.69) is 10.3 Å². The van der Waals surface area contributed by atoms with Gasteiger partial charge in [0, 0.05) is 16.1 Å². The monoisotopic (exact) mass is 390 g/mol. The molecule has 0 aliphatic heterocycles. The molecule has 3 aromatic rings. The van der Waals surface area contributed by atoms with E-state index in [4.69, 9.17) is 11.6 Å². The molecule has 0 atom stereocenters. The molecule has 0 radical (unpaired) electrons. The van der Waals surface area contributed by atoms with Gasteiger partial charge in [0.25, 0.3) is 0 Å². The van der Waals surface area contributed by atoms with Crippen LogP contribution < -0.4 is 5.32 Å². The second kappa shape index (κ2) is 6.35. The Labute approximate surface area is 148 Å². The lowest BCUT2D eigenvalue weighted by atomic mass is 10.1. The van der Waals surface area contributed by atoms with Gasteiger partial charge in [0.05, 0.1) is 16.8 Å². The van der Waals surface area contributed by atoms with Crippen LogP contribution in [0.1, 0.15) is 11.3 Å². The predicted octanol–water partition coefficient (Wildman–Crippen LogP) is 6.67. The Morgan fingerprint density at radius 2 is 1.46 bits per heavy atom. The van der Waals surface area contributed by atoms with Gasteiger partial charge in [-0.1, -0.05) is 17.7 Å². The zero-order chi connectivity index (χ0) is 19.1. The van der Waals surface area contributed by atoms with Gasteiger partial charge in [-0.2, -0.15) is 26.3 Å². The largest absolute Gasteiger partial charge is 0.433 e. The lowest BCUT2D eigenvalue weighted by Crippen LogP contribution is -2.10. The predicted molar refractivity (Wildman–Crippen MR) is 86.5 cm³/mol. The first-order chi connectivity index (χ1) is 12.0. The van der Waals surface area contributed by atoms with E-state index in [1.165, 1.54) is 24.3 Å². The summed E-state index contributed by atoms with van der Waals surface area (Å²) in [4.78, 5) is 3.35. The van der Waals surface area contributed by atoms with Gasteiger partial charge in [-0.05, 0) is 42.5 Å². The highest BCUT2D eigenvalue weighted by molar-refractivity contribution is 6.30. The summed E-state index contributed by atoms with van der Waals surface area (Å²) in [7, 11) is 0. The maximum absolute atomic E-state index is 13.1. The summed E-state index contributed by atoms with van der Waals surface area (Å²) in [5.41, 5.74) is -2.37. The first-order valence-electron chi connectivity index (χ1n) is 7.16. The highest BCUT2D eigenvalue weighted by Gasteiger charge is 2.35. The average molecular weight is 391 g/mol. The van der Waals surface area contributed by atoms with E-state index in [9.17, 15) is 26.3 Å². The lowest BCUT2D eigenvalue weighted by molar-refractivity contribution is -0.140. The number of alkyl halides is 6. The Kier molecular flexibility index (Phi) is 4.47. The van der Waals surface area contributed by atoms with Crippen molar-refractivity contribution in [2.24, 2.45) is 0 Å². The number of aromatic nitrogens is 1. The first-order valence-corrected chi connectivity index (χ1v) is 7.53. The van der Waals surface area contributed by atoms with Gasteiger partial charge in [0.15, 0.2) is 0 Å². The highest BCUT2D eigenvalue weighted by atomic mass is 35.5. The number of benzene rings is 2. The Bertz CT molecular complexity index is 943. The van der Waals surface area contributed by atoms with Crippen LogP contribution in [0.5, 0.6) is 0 Å². The van der Waals surface area contributed by atoms with Gasteiger partial charge in [-0.25, -0.2) is 4.98 Å². The summed E-state index contributed by atoms with van der Waals surface area (Å²) in [5.74, 6) is 0. The molecule has 9 heteroatoms. The van der Waals surface area contributed by atoms with Gasteiger partial charge in [0.1, 0.15) is 5.69 Å². The number of rotatable bonds is 2. The van der Waals surface area contributed by atoms with Gasteiger partial charge in [0.2, 0.25) is 0 Å². The summed E-state index contributed by atoms with van der Waals surface area (Å²) < 4.78 is 77.8. The lowest BCUT2D eigenvalue weighted by Gasteiger charge is -2.15. The molecule has 0 unspecified atom stereocenters. The number of fused-ring (bicyclic) bond motifs is 1. The summed E-state index contributed by atoms with van der Waals surface area (Å²) in [6.07, 6.45) is -9.49. The van der Waals surface area contributed by atoms with Crippen LogP contribution in [0.25, 0.3) is 10.9 Å². The smallest absolute Gasteiger partial charge is 0.355 e. The van der Waals surface area contributed by atoms with Crippen LogP contribution in [0.4, 0.5) is 37.7 Å². The summed E-state index contributed by atoms with van der Waals surface area (Å²) in [6, 6.07) is 9.35. The number of halogens is 7. The van der Waals surface area contributed by atoms with E-state index >= 15 is 0 Å². The molecule has 0 fully saturated rings. The van der Waals surface area contributed by atoms with Crippen LogP contribution in [0.2, 0.25) is 5.02 Å². The van der Waals surface area contributed by atoms with Crippen molar-refractivity contribution in [3.63, 3.8) is 0 Å². The second-order valence-electron chi connectivity index (χ2n) is 5.41. The van der Waals surface area contributed by atoms with E-state index in [0.717, 1.165) is 18.2 Å². The summed E-state index contributed by atoms with van der Waals surface area (Å²) in [6.45, 7) is 0. The van der Waals surface area contributed by atoms with Gasteiger partial charge < -0.3 is 5.32 Å². The molecular weight excluding hydrogens is 382 g/mol. The minimum atomic E-state index is -4.81. The van der Waals surface area contributed by atoms with E-state index in [0.29, 0.717) is 16.8 Å². The van der Waals surface area contributed by atoms with Crippen molar-refractivity contribution in [2.75, 3.05) is 5.32 Å². The van der Waals surface area contributed by atoms with E-state index in [1.54, 1.807) is 0 Å². The van der Waals surface area contributed by atoms with Crippen LogP contribution >= 0.6 is 11.6 Å². The minimum absolute atomic E-state index is 0.0154. The quantitative estimate of drug-likeness (QED) is 0.494. The third-order valence-electron chi connectivity index (χ3n) is 3.55. The fourth-order valence-electron chi connectivity index (χ4n) is 2.34. The Morgan fingerprint density at radius 3 is 2.04 bits per heavy atom. The van der Waals surface area contributed by atoms with Crippen LogP contribution in [0.3, 0.4) is 0 Å². The van der Waals surface area contributed by atoms with Crippen molar-refractivity contribution < 1.29 is 26.3 Å². The molecule has 1 heterocycles. The number of hydrogen-bond acceptors (Lipinski definition) is 2.